The molecular formula is C21H17ClN4O2. The number of amides is 1. The highest BCUT2D eigenvalue weighted by molar-refractivity contribution is 6.32. The fraction of sp³-hybridized carbons (Fsp3) is 0.0952. The maximum absolute atomic E-state index is 12.6. The molecular weight excluding hydrogens is 376 g/mol. The first-order valence-electron chi connectivity index (χ1n) is 8.66. The van der Waals surface area contributed by atoms with Crippen molar-refractivity contribution in [1.82, 2.24) is 15.0 Å². The van der Waals surface area contributed by atoms with Crippen LogP contribution in [0.25, 0.3) is 11.0 Å². The summed E-state index contributed by atoms with van der Waals surface area (Å²) in [4.78, 5) is 12.6. The van der Waals surface area contributed by atoms with Crippen LogP contribution in [-0.2, 0) is 6.54 Å². The monoisotopic (exact) mass is 392 g/mol. The van der Waals surface area contributed by atoms with Gasteiger partial charge < -0.3 is 10.1 Å². The van der Waals surface area contributed by atoms with Gasteiger partial charge in [-0.1, -0.05) is 47.1 Å². The summed E-state index contributed by atoms with van der Waals surface area (Å²) in [7, 11) is 1.54. The number of nitrogens with one attached hydrogen (secondary N) is 1. The van der Waals surface area contributed by atoms with Crippen molar-refractivity contribution in [2.24, 2.45) is 0 Å². The minimum atomic E-state index is -0.249. The van der Waals surface area contributed by atoms with Crippen molar-refractivity contribution in [3.8, 4) is 5.75 Å². The van der Waals surface area contributed by atoms with Crippen molar-refractivity contribution in [3.63, 3.8) is 0 Å². The highest BCUT2D eigenvalue weighted by atomic mass is 35.5. The molecule has 1 N–H and O–H groups in total. The van der Waals surface area contributed by atoms with E-state index in [1.807, 2.05) is 41.1 Å². The molecule has 0 unspecified atom stereocenters. The lowest BCUT2D eigenvalue weighted by molar-refractivity contribution is 0.102. The molecule has 0 aliphatic heterocycles. The Labute approximate surface area is 166 Å². The second kappa shape index (κ2) is 7.70. The van der Waals surface area contributed by atoms with Crippen LogP contribution < -0.4 is 10.1 Å². The molecule has 3 aromatic carbocycles. The van der Waals surface area contributed by atoms with Crippen molar-refractivity contribution in [2.45, 2.75) is 6.54 Å². The van der Waals surface area contributed by atoms with Crippen LogP contribution in [0.2, 0.25) is 5.02 Å². The van der Waals surface area contributed by atoms with Gasteiger partial charge in [-0.15, -0.1) is 5.10 Å². The van der Waals surface area contributed by atoms with E-state index in [1.54, 1.807) is 37.4 Å². The number of aromatic nitrogens is 3. The predicted molar refractivity (Wildman–Crippen MR) is 109 cm³/mol. The van der Waals surface area contributed by atoms with E-state index in [1.165, 1.54) is 0 Å². The topological polar surface area (TPSA) is 69.0 Å². The van der Waals surface area contributed by atoms with Gasteiger partial charge >= 0.3 is 0 Å². The number of anilines is 1. The number of carbonyl (C=O) groups is 1. The van der Waals surface area contributed by atoms with Gasteiger partial charge in [0.25, 0.3) is 5.91 Å². The molecule has 0 bridgehead atoms. The molecule has 4 aromatic rings. The lowest BCUT2D eigenvalue weighted by atomic mass is 10.1. The van der Waals surface area contributed by atoms with Gasteiger partial charge in [-0.05, 0) is 42.0 Å². The second-order valence-electron chi connectivity index (χ2n) is 6.24. The average Bonchev–Trinajstić information content (AvgIpc) is 3.11. The third-order valence-corrected chi connectivity index (χ3v) is 4.66. The van der Waals surface area contributed by atoms with Crippen molar-refractivity contribution >= 4 is 34.2 Å². The summed E-state index contributed by atoms with van der Waals surface area (Å²) in [6, 6.07) is 20.5. The lowest BCUT2D eigenvalue weighted by Crippen LogP contribution is -2.11. The SMILES string of the molecule is COc1ccc(NC(=O)c2ccc3c(c2)nnn3Cc2ccccc2)cc1Cl. The fourth-order valence-electron chi connectivity index (χ4n) is 2.93. The van der Waals surface area contributed by atoms with Crippen LogP contribution >= 0.6 is 11.6 Å². The molecule has 4 rings (SSSR count). The highest BCUT2D eigenvalue weighted by Gasteiger charge is 2.12. The minimum absolute atomic E-state index is 0.249. The number of nitrogens with zero attached hydrogens (tertiary/aromatic N) is 3. The zero-order chi connectivity index (χ0) is 19.5. The molecule has 28 heavy (non-hydrogen) atoms. The van der Waals surface area contributed by atoms with E-state index in [-0.39, 0.29) is 5.91 Å². The van der Waals surface area contributed by atoms with E-state index in [4.69, 9.17) is 16.3 Å². The second-order valence-corrected chi connectivity index (χ2v) is 6.65. The first-order chi connectivity index (χ1) is 13.6. The van der Waals surface area contributed by atoms with Gasteiger partial charge in [-0.2, -0.15) is 0 Å². The molecule has 1 heterocycles. The number of benzene rings is 3. The van der Waals surface area contributed by atoms with Crippen LogP contribution in [0.5, 0.6) is 5.75 Å². The van der Waals surface area contributed by atoms with Crippen LogP contribution in [-0.4, -0.2) is 28.0 Å². The number of ether oxygens (including phenoxy) is 1. The number of carbonyl (C=O) groups excluding carboxylic acids is 1. The molecule has 0 aliphatic carbocycles. The first kappa shape index (κ1) is 18.0. The third kappa shape index (κ3) is 3.68. The molecule has 0 saturated carbocycles. The standard InChI is InChI=1S/C21H17ClN4O2/c1-28-20-10-8-16(12-17(20)22)23-21(27)15-7-9-19-18(11-15)24-25-26(19)13-14-5-3-2-4-6-14/h2-12H,13H2,1H3,(H,23,27). The molecule has 140 valence electrons. The van der Waals surface area contributed by atoms with Gasteiger partial charge in [0, 0.05) is 11.3 Å². The lowest BCUT2D eigenvalue weighted by Gasteiger charge is -2.08. The summed E-state index contributed by atoms with van der Waals surface area (Å²) < 4.78 is 6.94. The van der Waals surface area contributed by atoms with Crippen LogP contribution in [0, 0.1) is 0 Å². The van der Waals surface area contributed by atoms with E-state index in [0.29, 0.717) is 34.1 Å². The first-order valence-corrected chi connectivity index (χ1v) is 9.04. The summed E-state index contributed by atoms with van der Waals surface area (Å²) in [6.07, 6.45) is 0. The Hall–Kier alpha value is -3.38. The smallest absolute Gasteiger partial charge is 0.255 e. The van der Waals surface area contributed by atoms with E-state index in [2.05, 4.69) is 15.6 Å². The van der Waals surface area contributed by atoms with Crippen molar-refractivity contribution < 1.29 is 9.53 Å². The van der Waals surface area contributed by atoms with Crippen LogP contribution in [0.15, 0.2) is 66.7 Å². The molecule has 1 aromatic heterocycles. The van der Waals surface area contributed by atoms with Gasteiger partial charge in [0.05, 0.1) is 24.2 Å². The Morgan fingerprint density at radius 2 is 1.93 bits per heavy atom. The number of hydrogen-bond acceptors (Lipinski definition) is 4. The van der Waals surface area contributed by atoms with E-state index >= 15 is 0 Å². The maximum Gasteiger partial charge on any atom is 0.255 e. The fourth-order valence-corrected chi connectivity index (χ4v) is 3.19. The molecule has 0 radical (unpaired) electrons. The van der Waals surface area contributed by atoms with Crippen molar-refractivity contribution in [3.05, 3.63) is 82.9 Å². The van der Waals surface area contributed by atoms with Crippen molar-refractivity contribution in [2.75, 3.05) is 12.4 Å². The molecule has 7 heteroatoms. The van der Waals surface area contributed by atoms with Crippen LogP contribution in [0.1, 0.15) is 15.9 Å². The third-order valence-electron chi connectivity index (χ3n) is 4.36. The number of rotatable bonds is 5. The maximum atomic E-state index is 12.6. The van der Waals surface area contributed by atoms with Crippen LogP contribution in [0.3, 0.4) is 0 Å². The van der Waals surface area contributed by atoms with Gasteiger partial charge in [-0.3, -0.25) is 4.79 Å². The largest absolute Gasteiger partial charge is 0.495 e. The summed E-state index contributed by atoms with van der Waals surface area (Å²) in [5, 5.41) is 11.7. The molecule has 0 fully saturated rings. The Bertz CT molecular complexity index is 1140. The van der Waals surface area contributed by atoms with E-state index < -0.39 is 0 Å². The van der Waals surface area contributed by atoms with Crippen LogP contribution in [0.4, 0.5) is 5.69 Å². The number of halogens is 1. The molecule has 0 atom stereocenters. The van der Waals surface area contributed by atoms with E-state index in [0.717, 1.165) is 11.1 Å². The summed E-state index contributed by atoms with van der Waals surface area (Å²) in [5.41, 5.74) is 3.74. The normalized spacial score (nSPS) is 10.8. The molecule has 0 aliphatic rings. The quantitative estimate of drug-likeness (QED) is 0.546. The highest BCUT2D eigenvalue weighted by Crippen LogP contribution is 2.27. The molecule has 0 saturated heterocycles. The number of methoxy groups -OCH3 is 1. The molecule has 6 nitrogen and oxygen atoms in total. The summed E-state index contributed by atoms with van der Waals surface area (Å²) in [6.45, 7) is 0.618. The Balaban J connectivity index is 1.54. The minimum Gasteiger partial charge on any atom is -0.495 e. The van der Waals surface area contributed by atoms with Gasteiger partial charge in [0.2, 0.25) is 0 Å². The Kier molecular flexibility index (Phi) is 4.95. The average molecular weight is 393 g/mol. The summed E-state index contributed by atoms with van der Waals surface area (Å²) >= 11 is 6.11. The van der Waals surface area contributed by atoms with E-state index in [9.17, 15) is 4.79 Å². The van der Waals surface area contributed by atoms with Crippen molar-refractivity contribution in [1.29, 1.82) is 0 Å². The molecule has 1 amide bonds. The Morgan fingerprint density at radius 1 is 1.11 bits per heavy atom. The van der Waals surface area contributed by atoms with Gasteiger partial charge in [-0.25, -0.2) is 4.68 Å². The predicted octanol–water partition coefficient (Wildman–Crippen LogP) is 4.39. The zero-order valence-corrected chi connectivity index (χ0v) is 15.8. The zero-order valence-electron chi connectivity index (χ0n) is 15.1. The number of hydrogen-bond donors (Lipinski definition) is 1. The van der Waals surface area contributed by atoms with Gasteiger partial charge in [0.15, 0.2) is 0 Å². The Morgan fingerprint density at radius 3 is 2.68 bits per heavy atom. The number of fused-ring (bicyclic) bond motifs is 1. The molecule has 0 spiro atoms. The van der Waals surface area contributed by atoms with Gasteiger partial charge in [0.1, 0.15) is 11.3 Å². The summed E-state index contributed by atoms with van der Waals surface area (Å²) in [5.74, 6) is 0.303.